The molecule has 0 aliphatic rings. The van der Waals surface area contributed by atoms with Gasteiger partial charge < -0.3 is 5.32 Å². The molecule has 0 radical (unpaired) electrons. The van der Waals surface area contributed by atoms with Crippen LogP contribution in [0.3, 0.4) is 0 Å². The quantitative estimate of drug-likeness (QED) is 0.744. The molecule has 0 bridgehead atoms. The molecule has 0 fully saturated rings. The molecule has 0 amide bonds. The Morgan fingerprint density at radius 1 is 1.22 bits per heavy atom. The van der Waals surface area contributed by atoms with Crippen LogP contribution in [-0.2, 0) is 6.54 Å². The van der Waals surface area contributed by atoms with E-state index in [0.717, 1.165) is 11.3 Å². The van der Waals surface area contributed by atoms with Gasteiger partial charge in [0.25, 0.3) is 0 Å². The molecular formula is C14H12ClFIN. The monoisotopic (exact) mass is 375 g/mol. The van der Waals surface area contributed by atoms with Crippen LogP contribution >= 0.6 is 34.2 Å². The molecule has 0 unspecified atom stereocenters. The summed E-state index contributed by atoms with van der Waals surface area (Å²) in [6, 6.07) is 10.6. The van der Waals surface area contributed by atoms with Gasteiger partial charge in [0.05, 0.1) is 0 Å². The summed E-state index contributed by atoms with van der Waals surface area (Å²) in [6.07, 6.45) is 0. The number of hydrogen-bond donors (Lipinski definition) is 1. The zero-order valence-electron chi connectivity index (χ0n) is 9.81. The van der Waals surface area contributed by atoms with Crippen LogP contribution in [0, 0.1) is 16.3 Å². The molecule has 1 nitrogen and oxygen atoms in total. The second kappa shape index (κ2) is 5.89. The van der Waals surface area contributed by atoms with E-state index in [4.69, 9.17) is 11.6 Å². The predicted molar refractivity (Wildman–Crippen MR) is 82.6 cm³/mol. The van der Waals surface area contributed by atoms with Crippen molar-refractivity contribution in [1.29, 1.82) is 0 Å². The summed E-state index contributed by atoms with van der Waals surface area (Å²) in [4.78, 5) is 0. The summed E-state index contributed by atoms with van der Waals surface area (Å²) in [7, 11) is 0. The van der Waals surface area contributed by atoms with E-state index in [2.05, 4.69) is 47.0 Å². The maximum Gasteiger partial charge on any atom is 0.124 e. The lowest BCUT2D eigenvalue weighted by molar-refractivity contribution is 0.627. The van der Waals surface area contributed by atoms with Crippen molar-refractivity contribution in [2.75, 3.05) is 5.32 Å². The minimum Gasteiger partial charge on any atom is -0.381 e. The van der Waals surface area contributed by atoms with Crippen LogP contribution in [0.5, 0.6) is 0 Å². The number of anilines is 1. The largest absolute Gasteiger partial charge is 0.381 e. The smallest absolute Gasteiger partial charge is 0.124 e. The fourth-order valence-electron chi connectivity index (χ4n) is 1.57. The maximum atomic E-state index is 12.9. The van der Waals surface area contributed by atoms with Crippen molar-refractivity contribution in [3.8, 4) is 0 Å². The lowest BCUT2D eigenvalue weighted by atomic mass is 10.2. The molecule has 0 aliphatic carbocycles. The van der Waals surface area contributed by atoms with Gasteiger partial charge in [-0.25, -0.2) is 4.39 Å². The lowest BCUT2D eigenvalue weighted by Gasteiger charge is -2.09. The third-order valence-corrected chi connectivity index (χ3v) is 4.18. The van der Waals surface area contributed by atoms with Gasteiger partial charge in [0, 0.05) is 20.8 Å². The van der Waals surface area contributed by atoms with Crippen molar-refractivity contribution in [1.82, 2.24) is 0 Å². The molecule has 1 N–H and O–H groups in total. The Morgan fingerprint density at radius 2 is 2.00 bits per heavy atom. The molecule has 0 saturated heterocycles. The third-order valence-electron chi connectivity index (χ3n) is 2.67. The topological polar surface area (TPSA) is 12.0 Å². The minimum absolute atomic E-state index is 0.311. The van der Waals surface area contributed by atoms with E-state index in [9.17, 15) is 4.39 Å². The Labute approximate surface area is 124 Å². The lowest BCUT2D eigenvalue weighted by Crippen LogP contribution is -2.00. The zero-order valence-corrected chi connectivity index (χ0v) is 12.7. The van der Waals surface area contributed by atoms with E-state index < -0.39 is 0 Å². The molecule has 18 heavy (non-hydrogen) atoms. The average Bonchev–Trinajstić information content (AvgIpc) is 2.32. The summed E-state index contributed by atoms with van der Waals surface area (Å²) >= 11 is 8.27. The fraction of sp³-hybridized carbons (Fsp3) is 0.143. The number of benzene rings is 2. The van der Waals surface area contributed by atoms with Gasteiger partial charge >= 0.3 is 0 Å². The molecule has 4 heteroatoms. The normalized spacial score (nSPS) is 10.4. The van der Waals surface area contributed by atoms with Gasteiger partial charge in [-0.2, -0.15) is 0 Å². The molecule has 0 aliphatic heterocycles. The number of rotatable bonds is 3. The van der Waals surface area contributed by atoms with Gasteiger partial charge in [0.15, 0.2) is 0 Å². The summed E-state index contributed by atoms with van der Waals surface area (Å²) in [5, 5.41) is 3.73. The van der Waals surface area contributed by atoms with Crippen molar-refractivity contribution < 1.29 is 4.39 Å². The van der Waals surface area contributed by atoms with Gasteiger partial charge in [0.1, 0.15) is 5.82 Å². The minimum atomic E-state index is -0.311. The second-order valence-electron chi connectivity index (χ2n) is 4.05. The third kappa shape index (κ3) is 3.36. The van der Waals surface area contributed by atoms with Crippen molar-refractivity contribution >= 4 is 39.9 Å². The van der Waals surface area contributed by atoms with Gasteiger partial charge in [-0.15, -0.1) is 0 Å². The standard InChI is InChI=1S/C14H12ClFIN/c1-9-2-5-12(7-14(9)17)18-8-10-3-4-11(16)6-13(10)15/h2-7,18H,8H2,1H3. The first-order valence-corrected chi connectivity index (χ1v) is 6.96. The first-order valence-electron chi connectivity index (χ1n) is 5.50. The Balaban J connectivity index is 2.09. The van der Waals surface area contributed by atoms with Crippen LogP contribution in [0.1, 0.15) is 11.1 Å². The van der Waals surface area contributed by atoms with E-state index in [-0.39, 0.29) is 5.82 Å². The highest BCUT2D eigenvalue weighted by Crippen LogP contribution is 2.21. The molecule has 0 heterocycles. The van der Waals surface area contributed by atoms with Crippen LogP contribution in [0.4, 0.5) is 10.1 Å². The summed E-state index contributed by atoms with van der Waals surface area (Å²) in [5.74, 6) is -0.311. The van der Waals surface area contributed by atoms with Crippen LogP contribution < -0.4 is 5.32 Å². The van der Waals surface area contributed by atoms with Crippen LogP contribution in [0.2, 0.25) is 5.02 Å². The molecule has 94 valence electrons. The van der Waals surface area contributed by atoms with Gasteiger partial charge in [-0.3, -0.25) is 0 Å². The Morgan fingerprint density at radius 3 is 2.67 bits per heavy atom. The van der Waals surface area contributed by atoms with E-state index in [1.54, 1.807) is 6.07 Å². The first kappa shape index (κ1) is 13.6. The Bertz CT molecular complexity index is 572. The van der Waals surface area contributed by atoms with Crippen molar-refractivity contribution in [3.63, 3.8) is 0 Å². The van der Waals surface area contributed by atoms with Crippen molar-refractivity contribution in [2.45, 2.75) is 13.5 Å². The average molecular weight is 376 g/mol. The molecule has 0 spiro atoms. The van der Waals surface area contributed by atoms with Gasteiger partial charge in [-0.1, -0.05) is 23.7 Å². The number of hydrogen-bond acceptors (Lipinski definition) is 1. The number of nitrogens with one attached hydrogen (secondary N) is 1. The van der Waals surface area contributed by atoms with Gasteiger partial charge in [0.2, 0.25) is 0 Å². The van der Waals surface area contributed by atoms with E-state index in [1.165, 1.54) is 21.3 Å². The van der Waals surface area contributed by atoms with Crippen molar-refractivity contribution in [2.24, 2.45) is 0 Å². The Kier molecular flexibility index (Phi) is 4.45. The summed E-state index contributed by atoms with van der Waals surface area (Å²) in [5.41, 5.74) is 3.17. The SMILES string of the molecule is Cc1ccc(NCc2ccc(F)cc2Cl)cc1I. The fourth-order valence-corrected chi connectivity index (χ4v) is 2.31. The zero-order chi connectivity index (χ0) is 13.1. The van der Waals surface area contributed by atoms with E-state index in [0.29, 0.717) is 11.6 Å². The second-order valence-corrected chi connectivity index (χ2v) is 5.62. The summed E-state index contributed by atoms with van der Waals surface area (Å²) in [6.45, 7) is 2.65. The maximum absolute atomic E-state index is 12.9. The molecule has 0 saturated carbocycles. The molecule has 0 atom stereocenters. The van der Waals surface area contributed by atoms with Gasteiger partial charge in [-0.05, 0) is 64.9 Å². The van der Waals surface area contributed by atoms with Crippen LogP contribution in [-0.4, -0.2) is 0 Å². The highest BCUT2D eigenvalue weighted by atomic mass is 127. The summed E-state index contributed by atoms with van der Waals surface area (Å²) < 4.78 is 14.1. The molecule has 0 aromatic heterocycles. The highest BCUT2D eigenvalue weighted by molar-refractivity contribution is 14.1. The predicted octanol–water partition coefficient (Wildman–Crippen LogP) is 5.00. The first-order chi connectivity index (χ1) is 8.56. The molecule has 2 rings (SSSR count). The molecular weight excluding hydrogens is 364 g/mol. The molecule has 2 aromatic rings. The van der Waals surface area contributed by atoms with E-state index >= 15 is 0 Å². The number of aryl methyl sites for hydroxylation is 1. The Hall–Kier alpha value is -0.810. The van der Waals surface area contributed by atoms with E-state index in [1.807, 2.05) is 6.07 Å². The highest BCUT2D eigenvalue weighted by Gasteiger charge is 2.02. The van der Waals surface area contributed by atoms with Crippen molar-refractivity contribution in [3.05, 3.63) is 61.9 Å². The van der Waals surface area contributed by atoms with Crippen LogP contribution in [0.15, 0.2) is 36.4 Å². The van der Waals surface area contributed by atoms with Crippen LogP contribution in [0.25, 0.3) is 0 Å². The molecule has 2 aromatic carbocycles. The number of halogens is 3.